The Morgan fingerprint density at radius 2 is 2.33 bits per heavy atom. The first-order valence-corrected chi connectivity index (χ1v) is 5.85. The van der Waals surface area contributed by atoms with Gasteiger partial charge in [-0.3, -0.25) is 9.48 Å². The fourth-order valence-corrected chi connectivity index (χ4v) is 2.03. The molecule has 0 unspecified atom stereocenters. The second kappa shape index (κ2) is 4.86. The highest BCUT2D eigenvalue weighted by molar-refractivity contribution is 6.33. The maximum atomic E-state index is 12.3. The van der Waals surface area contributed by atoms with E-state index >= 15 is 0 Å². The molecule has 0 radical (unpaired) electrons. The van der Waals surface area contributed by atoms with Gasteiger partial charge in [0.1, 0.15) is 10.9 Å². The summed E-state index contributed by atoms with van der Waals surface area (Å²) in [6.45, 7) is 2.16. The van der Waals surface area contributed by atoms with Crippen LogP contribution >= 0.6 is 11.6 Å². The van der Waals surface area contributed by atoms with Gasteiger partial charge in [0.2, 0.25) is 0 Å². The van der Waals surface area contributed by atoms with Crippen LogP contribution in [0.15, 0.2) is 22.8 Å². The average Bonchev–Trinajstić information content (AvgIpc) is 2.88. The molecule has 2 aromatic rings. The number of amides is 1. The zero-order chi connectivity index (χ0) is 13.3. The average molecular weight is 268 g/mol. The van der Waals surface area contributed by atoms with Crippen molar-refractivity contribution in [1.82, 2.24) is 14.7 Å². The summed E-state index contributed by atoms with van der Waals surface area (Å²) >= 11 is 6.06. The highest BCUT2D eigenvalue weighted by atomic mass is 35.5. The van der Waals surface area contributed by atoms with Crippen LogP contribution in [0.25, 0.3) is 0 Å². The first kappa shape index (κ1) is 12.7. The van der Waals surface area contributed by atoms with Crippen LogP contribution in [0.2, 0.25) is 5.15 Å². The minimum absolute atomic E-state index is 0.165. The molecule has 0 aliphatic heterocycles. The summed E-state index contributed by atoms with van der Waals surface area (Å²) in [4.78, 5) is 13.8. The highest BCUT2D eigenvalue weighted by Gasteiger charge is 2.22. The van der Waals surface area contributed by atoms with Gasteiger partial charge in [-0.2, -0.15) is 5.10 Å². The molecule has 0 atom stereocenters. The van der Waals surface area contributed by atoms with Gasteiger partial charge in [0.15, 0.2) is 0 Å². The van der Waals surface area contributed by atoms with Crippen molar-refractivity contribution in [3.05, 3.63) is 40.6 Å². The van der Waals surface area contributed by atoms with E-state index in [1.807, 2.05) is 6.07 Å². The molecule has 0 aliphatic carbocycles. The summed E-state index contributed by atoms with van der Waals surface area (Å²) in [6, 6.07) is 3.61. The molecule has 5 nitrogen and oxygen atoms in total. The third-order valence-corrected chi connectivity index (χ3v) is 3.12. The van der Waals surface area contributed by atoms with Crippen LogP contribution in [-0.4, -0.2) is 27.6 Å². The monoisotopic (exact) mass is 267 g/mol. The summed E-state index contributed by atoms with van der Waals surface area (Å²) in [5.41, 5.74) is 1.06. The van der Waals surface area contributed by atoms with Gasteiger partial charge in [-0.25, -0.2) is 0 Å². The van der Waals surface area contributed by atoms with Gasteiger partial charge < -0.3 is 9.32 Å². The number of halogens is 1. The van der Waals surface area contributed by atoms with Gasteiger partial charge in [0, 0.05) is 14.1 Å². The van der Waals surface area contributed by atoms with Crippen LogP contribution in [0, 0.1) is 6.92 Å². The van der Waals surface area contributed by atoms with Crippen molar-refractivity contribution < 1.29 is 9.21 Å². The van der Waals surface area contributed by atoms with E-state index in [1.54, 1.807) is 38.2 Å². The number of rotatable bonds is 3. The number of hydrogen-bond acceptors (Lipinski definition) is 3. The van der Waals surface area contributed by atoms with E-state index in [0.29, 0.717) is 23.0 Å². The molecule has 0 N–H and O–H groups in total. The maximum Gasteiger partial charge on any atom is 0.259 e. The van der Waals surface area contributed by atoms with Crippen LogP contribution in [0.3, 0.4) is 0 Å². The lowest BCUT2D eigenvalue weighted by atomic mass is 10.2. The van der Waals surface area contributed by atoms with Crippen molar-refractivity contribution in [2.75, 3.05) is 7.05 Å². The smallest absolute Gasteiger partial charge is 0.259 e. The molecule has 0 fully saturated rings. The molecule has 0 bridgehead atoms. The van der Waals surface area contributed by atoms with E-state index in [-0.39, 0.29) is 5.91 Å². The van der Waals surface area contributed by atoms with Gasteiger partial charge in [0.25, 0.3) is 5.91 Å². The molecule has 2 aromatic heterocycles. The van der Waals surface area contributed by atoms with Crippen molar-refractivity contribution in [2.45, 2.75) is 13.5 Å². The van der Waals surface area contributed by atoms with Crippen LogP contribution in [0.5, 0.6) is 0 Å². The van der Waals surface area contributed by atoms with Gasteiger partial charge >= 0.3 is 0 Å². The summed E-state index contributed by atoms with van der Waals surface area (Å²) in [6.07, 6.45) is 1.58. The minimum atomic E-state index is -0.165. The molecule has 96 valence electrons. The van der Waals surface area contributed by atoms with Crippen LogP contribution in [-0.2, 0) is 13.6 Å². The largest absolute Gasteiger partial charge is 0.467 e. The first-order valence-electron chi connectivity index (χ1n) is 5.47. The third kappa shape index (κ3) is 2.26. The van der Waals surface area contributed by atoms with E-state index in [1.165, 1.54) is 4.68 Å². The molecule has 2 heterocycles. The fourth-order valence-electron chi connectivity index (χ4n) is 1.77. The third-order valence-electron chi connectivity index (χ3n) is 2.69. The SMILES string of the molecule is Cc1nn(C)c(Cl)c1C(=O)N(C)Cc1ccco1. The standard InChI is InChI=1S/C12H14ClN3O2/c1-8-10(11(13)16(3)14-8)12(17)15(2)7-9-5-4-6-18-9/h4-6H,7H2,1-3H3. The Morgan fingerprint density at radius 1 is 1.61 bits per heavy atom. The summed E-state index contributed by atoms with van der Waals surface area (Å²) in [5.74, 6) is 0.561. The number of hydrogen-bond donors (Lipinski definition) is 0. The normalized spacial score (nSPS) is 10.7. The lowest BCUT2D eigenvalue weighted by molar-refractivity contribution is 0.0775. The zero-order valence-corrected chi connectivity index (χ0v) is 11.2. The number of aryl methyl sites for hydroxylation is 2. The van der Waals surface area contributed by atoms with Gasteiger partial charge in [-0.15, -0.1) is 0 Å². The Hall–Kier alpha value is -1.75. The Bertz CT molecular complexity index is 560. The number of carbonyl (C=O) groups is 1. The Morgan fingerprint density at radius 3 is 2.83 bits per heavy atom. The molecule has 0 saturated carbocycles. The van der Waals surface area contributed by atoms with E-state index in [4.69, 9.17) is 16.0 Å². The Balaban J connectivity index is 2.20. The molecule has 0 aromatic carbocycles. The second-order valence-corrected chi connectivity index (χ2v) is 4.47. The van der Waals surface area contributed by atoms with Crippen LogP contribution in [0.1, 0.15) is 21.8 Å². The predicted octanol–water partition coefficient (Wildman–Crippen LogP) is 2.25. The number of carbonyl (C=O) groups excluding carboxylic acids is 1. The summed E-state index contributed by atoms with van der Waals surface area (Å²) < 4.78 is 6.70. The molecular weight excluding hydrogens is 254 g/mol. The number of furan rings is 1. The van der Waals surface area contributed by atoms with Crippen molar-refractivity contribution in [3.63, 3.8) is 0 Å². The first-order chi connectivity index (χ1) is 8.50. The molecule has 18 heavy (non-hydrogen) atoms. The Kier molecular flexibility index (Phi) is 3.43. The van der Waals surface area contributed by atoms with Crippen LogP contribution < -0.4 is 0 Å². The van der Waals surface area contributed by atoms with E-state index in [2.05, 4.69) is 5.10 Å². The van der Waals surface area contributed by atoms with Gasteiger partial charge in [-0.1, -0.05) is 11.6 Å². The zero-order valence-electron chi connectivity index (χ0n) is 10.5. The molecule has 2 rings (SSSR count). The lowest BCUT2D eigenvalue weighted by Crippen LogP contribution is -2.26. The van der Waals surface area contributed by atoms with Gasteiger partial charge in [0.05, 0.1) is 24.1 Å². The highest BCUT2D eigenvalue weighted by Crippen LogP contribution is 2.20. The van der Waals surface area contributed by atoms with E-state index < -0.39 is 0 Å². The maximum absolute atomic E-state index is 12.3. The number of aromatic nitrogens is 2. The molecule has 0 aliphatic rings. The van der Waals surface area contributed by atoms with Gasteiger partial charge in [-0.05, 0) is 19.1 Å². The molecule has 0 spiro atoms. The topological polar surface area (TPSA) is 51.3 Å². The predicted molar refractivity (Wildman–Crippen MR) is 67.5 cm³/mol. The number of nitrogens with zero attached hydrogens (tertiary/aromatic N) is 3. The quantitative estimate of drug-likeness (QED) is 0.857. The lowest BCUT2D eigenvalue weighted by Gasteiger charge is -2.15. The molecule has 0 saturated heterocycles. The van der Waals surface area contributed by atoms with E-state index in [0.717, 1.165) is 5.76 Å². The molecule has 1 amide bonds. The van der Waals surface area contributed by atoms with Crippen molar-refractivity contribution >= 4 is 17.5 Å². The Labute approximate surface area is 110 Å². The van der Waals surface area contributed by atoms with E-state index in [9.17, 15) is 4.79 Å². The molecular formula is C12H14ClN3O2. The summed E-state index contributed by atoms with van der Waals surface area (Å²) in [7, 11) is 3.41. The van der Waals surface area contributed by atoms with Crippen molar-refractivity contribution in [3.8, 4) is 0 Å². The second-order valence-electron chi connectivity index (χ2n) is 4.12. The minimum Gasteiger partial charge on any atom is -0.467 e. The summed E-state index contributed by atoms with van der Waals surface area (Å²) in [5, 5.41) is 4.48. The van der Waals surface area contributed by atoms with Crippen molar-refractivity contribution in [1.29, 1.82) is 0 Å². The van der Waals surface area contributed by atoms with Crippen LogP contribution in [0.4, 0.5) is 0 Å². The fraction of sp³-hybridized carbons (Fsp3) is 0.333. The van der Waals surface area contributed by atoms with Crippen molar-refractivity contribution in [2.24, 2.45) is 7.05 Å². The molecule has 6 heteroatoms.